The SMILES string of the molecule is O=C(CCc1csc(-c2ccccc2)n1)N1CCN(c2ccccn2)CC1. The van der Waals surface area contributed by atoms with E-state index in [0.717, 1.165) is 48.3 Å². The summed E-state index contributed by atoms with van der Waals surface area (Å²) in [7, 11) is 0. The van der Waals surface area contributed by atoms with Crippen LogP contribution >= 0.6 is 11.3 Å². The highest BCUT2D eigenvalue weighted by atomic mass is 32.1. The van der Waals surface area contributed by atoms with Crippen LogP contribution in [-0.2, 0) is 11.2 Å². The van der Waals surface area contributed by atoms with E-state index in [1.165, 1.54) is 0 Å². The number of aromatic nitrogens is 2. The fourth-order valence-corrected chi connectivity index (χ4v) is 4.11. The fourth-order valence-electron chi connectivity index (χ4n) is 3.25. The largest absolute Gasteiger partial charge is 0.353 e. The fraction of sp³-hybridized carbons (Fsp3) is 0.286. The van der Waals surface area contributed by atoms with Gasteiger partial charge in [-0.25, -0.2) is 9.97 Å². The second-order valence-electron chi connectivity index (χ2n) is 6.57. The maximum Gasteiger partial charge on any atom is 0.223 e. The van der Waals surface area contributed by atoms with Gasteiger partial charge in [-0.2, -0.15) is 0 Å². The van der Waals surface area contributed by atoms with Crippen LogP contribution in [0.4, 0.5) is 5.82 Å². The second kappa shape index (κ2) is 8.31. The van der Waals surface area contributed by atoms with Gasteiger partial charge in [-0.15, -0.1) is 11.3 Å². The zero-order valence-corrected chi connectivity index (χ0v) is 15.9. The first-order valence-electron chi connectivity index (χ1n) is 9.23. The minimum absolute atomic E-state index is 0.213. The zero-order chi connectivity index (χ0) is 18.5. The van der Waals surface area contributed by atoms with Gasteiger partial charge < -0.3 is 9.80 Å². The van der Waals surface area contributed by atoms with Gasteiger partial charge in [-0.05, 0) is 18.6 Å². The van der Waals surface area contributed by atoms with Crippen LogP contribution in [0.15, 0.2) is 60.1 Å². The van der Waals surface area contributed by atoms with Crippen molar-refractivity contribution in [2.45, 2.75) is 12.8 Å². The topological polar surface area (TPSA) is 49.3 Å². The van der Waals surface area contributed by atoms with Crippen LogP contribution in [0.2, 0.25) is 0 Å². The third kappa shape index (κ3) is 4.34. The molecule has 0 aliphatic carbocycles. The number of aryl methyl sites for hydroxylation is 1. The van der Waals surface area contributed by atoms with E-state index in [1.54, 1.807) is 11.3 Å². The van der Waals surface area contributed by atoms with Gasteiger partial charge in [-0.1, -0.05) is 36.4 Å². The van der Waals surface area contributed by atoms with Gasteiger partial charge in [0.05, 0.1) is 5.69 Å². The summed E-state index contributed by atoms with van der Waals surface area (Å²) >= 11 is 1.64. The van der Waals surface area contributed by atoms with E-state index < -0.39 is 0 Å². The summed E-state index contributed by atoms with van der Waals surface area (Å²) in [5.74, 6) is 1.20. The maximum atomic E-state index is 12.6. The lowest BCUT2D eigenvalue weighted by molar-refractivity contribution is -0.131. The number of piperazine rings is 1. The predicted octanol–water partition coefficient (Wildman–Crippen LogP) is 3.49. The summed E-state index contributed by atoms with van der Waals surface area (Å²) < 4.78 is 0. The Kier molecular flexibility index (Phi) is 5.44. The van der Waals surface area contributed by atoms with Gasteiger partial charge in [0.2, 0.25) is 5.91 Å². The van der Waals surface area contributed by atoms with E-state index in [9.17, 15) is 4.79 Å². The molecule has 0 bridgehead atoms. The molecule has 2 aromatic heterocycles. The molecule has 1 amide bonds. The Hall–Kier alpha value is -2.73. The highest BCUT2D eigenvalue weighted by Crippen LogP contribution is 2.24. The lowest BCUT2D eigenvalue weighted by Gasteiger charge is -2.35. The molecule has 0 radical (unpaired) electrons. The summed E-state index contributed by atoms with van der Waals surface area (Å²) in [5.41, 5.74) is 2.13. The molecule has 0 unspecified atom stereocenters. The quantitative estimate of drug-likeness (QED) is 0.682. The van der Waals surface area contributed by atoms with E-state index in [4.69, 9.17) is 0 Å². The third-order valence-corrected chi connectivity index (χ3v) is 5.71. The summed E-state index contributed by atoms with van der Waals surface area (Å²) in [6, 6.07) is 16.1. The summed E-state index contributed by atoms with van der Waals surface area (Å²) in [4.78, 5) is 25.8. The van der Waals surface area contributed by atoms with Crippen LogP contribution in [0.25, 0.3) is 10.6 Å². The molecule has 3 heterocycles. The Morgan fingerprint density at radius 1 is 1.00 bits per heavy atom. The lowest BCUT2D eigenvalue weighted by atomic mass is 10.2. The molecule has 5 nitrogen and oxygen atoms in total. The van der Waals surface area contributed by atoms with Crippen molar-refractivity contribution in [1.82, 2.24) is 14.9 Å². The van der Waals surface area contributed by atoms with Crippen molar-refractivity contribution in [3.8, 4) is 10.6 Å². The molecule has 27 heavy (non-hydrogen) atoms. The number of hydrogen-bond donors (Lipinski definition) is 0. The van der Waals surface area contributed by atoms with Crippen LogP contribution in [0, 0.1) is 0 Å². The molecule has 4 rings (SSSR count). The number of rotatable bonds is 5. The van der Waals surface area contributed by atoms with Gasteiger partial charge in [0.1, 0.15) is 10.8 Å². The van der Waals surface area contributed by atoms with Gasteiger partial charge in [0, 0.05) is 49.7 Å². The molecule has 6 heteroatoms. The smallest absolute Gasteiger partial charge is 0.223 e. The molecule has 0 spiro atoms. The standard InChI is InChI=1S/C21H22N4OS/c26-20(25-14-12-24(13-15-25)19-8-4-5-11-22-19)10-9-18-16-27-21(23-18)17-6-2-1-3-7-17/h1-8,11,16H,9-10,12-15H2. The van der Waals surface area contributed by atoms with Gasteiger partial charge in [0.15, 0.2) is 0 Å². The molecule has 0 N–H and O–H groups in total. The second-order valence-corrected chi connectivity index (χ2v) is 7.42. The molecular weight excluding hydrogens is 356 g/mol. The Morgan fingerprint density at radius 2 is 1.78 bits per heavy atom. The summed E-state index contributed by atoms with van der Waals surface area (Å²) in [6.45, 7) is 3.17. The molecule has 1 aliphatic heterocycles. The average molecular weight is 379 g/mol. The number of hydrogen-bond acceptors (Lipinski definition) is 5. The number of amides is 1. The highest BCUT2D eigenvalue weighted by Gasteiger charge is 2.21. The van der Waals surface area contributed by atoms with E-state index in [0.29, 0.717) is 12.8 Å². The molecular formula is C21H22N4OS. The van der Waals surface area contributed by atoms with E-state index >= 15 is 0 Å². The highest BCUT2D eigenvalue weighted by molar-refractivity contribution is 7.13. The van der Waals surface area contributed by atoms with Gasteiger partial charge in [0.25, 0.3) is 0 Å². The van der Waals surface area contributed by atoms with Crippen molar-refractivity contribution >= 4 is 23.1 Å². The zero-order valence-electron chi connectivity index (χ0n) is 15.1. The first-order valence-corrected chi connectivity index (χ1v) is 10.1. The maximum absolute atomic E-state index is 12.6. The summed E-state index contributed by atoms with van der Waals surface area (Å²) in [6.07, 6.45) is 3.02. The Labute approximate surface area is 163 Å². The molecule has 1 saturated heterocycles. The van der Waals surface area contributed by atoms with E-state index in [2.05, 4.69) is 32.4 Å². The third-order valence-electron chi connectivity index (χ3n) is 4.77. The van der Waals surface area contributed by atoms with Crippen LogP contribution in [0.5, 0.6) is 0 Å². The number of thiazole rings is 1. The van der Waals surface area contributed by atoms with Gasteiger partial charge in [-0.3, -0.25) is 4.79 Å². The van der Waals surface area contributed by atoms with Crippen molar-refractivity contribution in [3.63, 3.8) is 0 Å². The van der Waals surface area contributed by atoms with Crippen molar-refractivity contribution < 1.29 is 4.79 Å². The van der Waals surface area contributed by atoms with Crippen molar-refractivity contribution in [2.75, 3.05) is 31.1 Å². The number of anilines is 1. The lowest BCUT2D eigenvalue weighted by Crippen LogP contribution is -2.49. The molecule has 0 atom stereocenters. The summed E-state index contributed by atoms with van der Waals surface area (Å²) in [5, 5.41) is 3.08. The number of carbonyl (C=O) groups excluding carboxylic acids is 1. The van der Waals surface area contributed by atoms with Crippen LogP contribution < -0.4 is 4.90 Å². The average Bonchev–Trinajstić information content (AvgIpc) is 3.22. The Bertz CT molecular complexity index is 873. The molecule has 138 valence electrons. The molecule has 0 saturated carbocycles. The first kappa shape index (κ1) is 17.7. The molecule has 1 fully saturated rings. The molecule has 1 aliphatic rings. The minimum Gasteiger partial charge on any atom is -0.353 e. The van der Waals surface area contributed by atoms with E-state index in [1.807, 2.05) is 47.5 Å². The Morgan fingerprint density at radius 3 is 2.52 bits per heavy atom. The van der Waals surface area contributed by atoms with E-state index in [-0.39, 0.29) is 5.91 Å². The van der Waals surface area contributed by atoms with Crippen molar-refractivity contribution in [2.24, 2.45) is 0 Å². The molecule has 1 aromatic carbocycles. The first-order chi connectivity index (χ1) is 13.3. The monoisotopic (exact) mass is 378 g/mol. The Balaban J connectivity index is 1.27. The number of pyridine rings is 1. The van der Waals surface area contributed by atoms with Crippen molar-refractivity contribution in [3.05, 3.63) is 65.8 Å². The number of nitrogens with zero attached hydrogens (tertiary/aromatic N) is 4. The predicted molar refractivity (Wildman–Crippen MR) is 109 cm³/mol. The number of carbonyl (C=O) groups is 1. The van der Waals surface area contributed by atoms with Crippen LogP contribution in [0.1, 0.15) is 12.1 Å². The normalized spacial score (nSPS) is 14.4. The van der Waals surface area contributed by atoms with Crippen LogP contribution in [-0.4, -0.2) is 47.0 Å². The molecule has 3 aromatic rings. The van der Waals surface area contributed by atoms with Crippen molar-refractivity contribution in [1.29, 1.82) is 0 Å². The number of benzene rings is 1. The van der Waals surface area contributed by atoms with Gasteiger partial charge >= 0.3 is 0 Å². The van der Waals surface area contributed by atoms with Crippen LogP contribution in [0.3, 0.4) is 0 Å². The minimum atomic E-state index is 0.213.